The van der Waals surface area contributed by atoms with Crippen molar-refractivity contribution < 1.29 is 9.53 Å². The molecule has 1 amide bonds. The molecule has 2 aliphatic heterocycles. The van der Waals surface area contributed by atoms with Crippen LogP contribution in [0.15, 0.2) is 12.1 Å². The molecule has 25 heavy (non-hydrogen) atoms. The molecule has 1 N–H and O–H groups in total. The van der Waals surface area contributed by atoms with Crippen LogP contribution in [0.25, 0.3) is 0 Å². The van der Waals surface area contributed by atoms with Gasteiger partial charge in [-0.05, 0) is 38.3 Å². The Balaban J connectivity index is 1.47. The second-order valence-electron chi connectivity index (χ2n) is 6.94. The SMILES string of the molecule is CC[C@H]1CN(C(=O)CN[C@@H]2CCCN(c3ccc(C)nn3)C2)CCO1. The van der Waals surface area contributed by atoms with Gasteiger partial charge in [0.1, 0.15) is 0 Å². The number of carbonyl (C=O) groups excluding carboxylic acids is 1. The monoisotopic (exact) mass is 347 g/mol. The first-order chi connectivity index (χ1) is 12.2. The number of amides is 1. The molecule has 0 radical (unpaired) electrons. The van der Waals surface area contributed by atoms with Gasteiger partial charge >= 0.3 is 0 Å². The summed E-state index contributed by atoms with van der Waals surface area (Å²) in [6.45, 7) is 8.36. The fourth-order valence-corrected chi connectivity index (χ4v) is 3.45. The number of ether oxygens (including phenoxy) is 1. The van der Waals surface area contributed by atoms with Crippen LogP contribution in [0.3, 0.4) is 0 Å². The van der Waals surface area contributed by atoms with Gasteiger partial charge in [0.15, 0.2) is 5.82 Å². The molecule has 3 heterocycles. The lowest BCUT2D eigenvalue weighted by Gasteiger charge is -2.35. The van der Waals surface area contributed by atoms with Gasteiger partial charge in [0.25, 0.3) is 0 Å². The summed E-state index contributed by atoms with van der Waals surface area (Å²) in [4.78, 5) is 16.6. The third-order valence-electron chi connectivity index (χ3n) is 5.02. The highest BCUT2D eigenvalue weighted by Gasteiger charge is 2.25. The zero-order valence-electron chi connectivity index (χ0n) is 15.3. The van der Waals surface area contributed by atoms with Crippen LogP contribution in [0.2, 0.25) is 0 Å². The van der Waals surface area contributed by atoms with Crippen molar-refractivity contribution in [2.24, 2.45) is 0 Å². The summed E-state index contributed by atoms with van der Waals surface area (Å²) in [7, 11) is 0. The van der Waals surface area contributed by atoms with Crippen molar-refractivity contribution in [3.63, 3.8) is 0 Å². The van der Waals surface area contributed by atoms with Crippen LogP contribution in [0.1, 0.15) is 31.9 Å². The first-order valence-electron chi connectivity index (χ1n) is 9.33. The van der Waals surface area contributed by atoms with Gasteiger partial charge in [0, 0.05) is 32.2 Å². The van der Waals surface area contributed by atoms with Gasteiger partial charge in [-0.25, -0.2) is 0 Å². The highest BCUT2D eigenvalue weighted by atomic mass is 16.5. The molecular weight excluding hydrogens is 318 g/mol. The lowest BCUT2D eigenvalue weighted by atomic mass is 10.1. The summed E-state index contributed by atoms with van der Waals surface area (Å²) in [6, 6.07) is 4.32. The van der Waals surface area contributed by atoms with Gasteiger partial charge in [-0.3, -0.25) is 4.79 Å². The Kier molecular flexibility index (Phi) is 6.20. The summed E-state index contributed by atoms with van der Waals surface area (Å²) in [5, 5.41) is 11.9. The van der Waals surface area contributed by atoms with E-state index in [0.717, 1.165) is 43.9 Å². The number of aromatic nitrogens is 2. The van der Waals surface area contributed by atoms with E-state index in [2.05, 4.69) is 27.3 Å². The molecule has 138 valence electrons. The second kappa shape index (κ2) is 8.58. The van der Waals surface area contributed by atoms with Crippen molar-refractivity contribution in [2.75, 3.05) is 44.2 Å². The number of anilines is 1. The van der Waals surface area contributed by atoms with E-state index in [9.17, 15) is 4.79 Å². The fourth-order valence-electron chi connectivity index (χ4n) is 3.45. The van der Waals surface area contributed by atoms with E-state index in [-0.39, 0.29) is 12.0 Å². The first-order valence-corrected chi connectivity index (χ1v) is 9.33. The standard InChI is InChI=1S/C18H29N5O2/c1-3-16-13-23(9-10-25-16)18(24)11-19-15-5-4-8-22(12-15)17-7-6-14(2)20-21-17/h6-7,15-16,19H,3-5,8-13H2,1-2H3/t15-,16+/m1/s1. The molecule has 7 heteroatoms. The Morgan fingerprint density at radius 1 is 1.32 bits per heavy atom. The van der Waals surface area contributed by atoms with E-state index in [1.165, 1.54) is 0 Å². The van der Waals surface area contributed by atoms with Gasteiger partial charge in [-0.1, -0.05) is 6.92 Å². The number of nitrogens with one attached hydrogen (secondary N) is 1. The summed E-state index contributed by atoms with van der Waals surface area (Å²) < 4.78 is 5.64. The number of aryl methyl sites for hydroxylation is 1. The molecule has 1 aromatic heterocycles. The predicted octanol–water partition coefficient (Wildman–Crippen LogP) is 0.981. The van der Waals surface area contributed by atoms with Crippen LogP contribution in [0.5, 0.6) is 0 Å². The Bertz CT molecular complexity index is 565. The zero-order valence-corrected chi connectivity index (χ0v) is 15.3. The average molecular weight is 347 g/mol. The topological polar surface area (TPSA) is 70.6 Å². The Labute approximate surface area is 149 Å². The first kappa shape index (κ1) is 18.1. The quantitative estimate of drug-likeness (QED) is 0.856. The van der Waals surface area contributed by atoms with E-state index in [1.54, 1.807) is 0 Å². The van der Waals surface area contributed by atoms with E-state index in [0.29, 0.717) is 32.3 Å². The van der Waals surface area contributed by atoms with E-state index in [4.69, 9.17) is 4.74 Å². The lowest BCUT2D eigenvalue weighted by molar-refractivity contribution is -0.138. The molecule has 2 fully saturated rings. The summed E-state index contributed by atoms with van der Waals surface area (Å²) in [5.74, 6) is 1.09. The minimum Gasteiger partial charge on any atom is -0.375 e. The van der Waals surface area contributed by atoms with Gasteiger partial charge in [0.05, 0.1) is 24.9 Å². The van der Waals surface area contributed by atoms with Gasteiger partial charge in [0.2, 0.25) is 5.91 Å². The molecular formula is C18H29N5O2. The zero-order chi connectivity index (χ0) is 17.6. The molecule has 2 saturated heterocycles. The predicted molar refractivity (Wildman–Crippen MR) is 96.6 cm³/mol. The molecule has 0 aromatic carbocycles. The molecule has 0 unspecified atom stereocenters. The Morgan fingerprint density at radius 3 is 2.96 bits per heavy atom. The number of carbonyl (C=O) groups is 1. The molecule has 7 nitrogen and oxygen atoms in total. The number of nitrogens with zero attached hydrogens (tertiary/aromatic N) is 4. The second-order valence-corrected chi connectivity index (χ2v) is 6.94. The fraction of sp³-hybridized carbons (Fsp3) is 0.722. The van der Waals surface area contributed by atoms with Crippen LogP contribution < -0.4 is 10.2 Å². The molecule has 0 aliphatic carbocycles. The van der Waals surface area contributed by atoms with Crippen LogP contribution in [0.4, 0.5) is 5.82 Å². The lowest BCUT2D eigenvalue weighted by Crippen LogP contribution is -2.52. The molecule has 0 spiro atoms. The highest BCUT2D eigenvalue weighted by Crippen LogP contribution is 2.17. The van der Waals surface area contributed by atoms with E-state index < -0.39 is 0 Å². The van der Waals surface area contributed by atoms with Crippen molar-refractivity contribution in [1.29, 1.82) is 0 Å². The number of morpholine rings is 1. The van der Waals surface area contributed by atoms with Crippen LogP contribution in [-0.4, -0.2) is 72.5 Å². The van der Waals surface area contributed by atoms with E-state index in [1.807, 2.05) is 24.0 Å². The number of piperidine rings is 1. The highest BCUT2D eigenvalue weighted by molar-refractivity contribution is 5.78. The Morgan fingerprint density at radius 2 is 2.20 bits per heavy atom. The molecule has 1 aromatic rings. The van der Waals surface area contributed by atoms with Crippen molar-refractivity contribution in [2.45, 2.75) is 45.3 Å². The largest absolute Gasteiger partial charge is 0.375 e. The average Bonchev–Trinajstić information content (AvgIpc) is 2.67. The van der Waals surface area contributed by atoms with Crippen LogP contribution in [0, 0.1) is 6.92 Å². The molecule has 2 atom stereocenters. The van der Waals surface area contributed by atoms with Gasteiger partial charge < -0.3 is 19.9 Å². The number of hydrogen-bond acceptors (Lipinski definition) is 6. The third kappa shape index (κ3) is 4.89. The summed E-state index contributed by atoms with van der Waals surface area (Å²) >= 11 is 0. The smallest absolute Gasteiger partial charge is 0.236 e. The normalized spacial score (nSPS) is 24.4. The summed E-state index contributed by atoms with van der Waals surface area (Å²) in [6.07, 6.45) is 3.32. The van der Waals surface area contributed by atoms with E-state index >= 15 is 0 Å². The summed E-state index contributed by atoms with van der Waals surface area (Å²) in [5.41, 5.74) is 0.928. The molecule has 2 aliphatic rings. The third-order valence-corrected chi connectivity index (χ3v) is 5.02. The molecule has 0 bridgehead atoms. The van der Waals surface area contributed by atoms with Crippen molar-refractivity contribution in [3.8, 4) is 0 Å². The molecule has 0 saturated carbocycles. The van der Waals surface area contributed by atoms with Gasteiger partial charge in [-0.15, -0.1) is 5.10 Å². The number of rotatable bonds is 5. The number of hydrogen-bond donors (Lipinski definition) is 1. The van der Waals surface area contributed by atoms with Crippen LogP contribution >= 0.6 is 0 Å². The van der Waals surface area contributed by atoms with Crippen molar-refractivity contribution in [1.82, 2.24) is 20.4 Å². The van der Waals surface area contributed by atoms with Gasteiger partial charge in [-0.2, -0.15) is 5.10 Å². The molecule has 3 rings (SSSR count). The minimum atomic E-state index is 0.175. The van der Waals surface area contributed by atoms with Crippen LogP contribution in [-0.2, 0) is 9.53 Å². The maximum Gasteiger partial charge on any atom is 0.236 e. The van der Waals surface area contributed by atoms with Crippen molar-refractivity contribution >= 4 is 11.7 Å². The maximum atomic E-state index is 12.5. The Hall–Kier alpha value is -1.73. The minimum absolute atomic E-state index is 0.175. The van der Waals surface area contributed by atoms with Crippen molar-refractivity contribution in [3.05, 3.63) is 17.8 Å². The maximum absolute atomic E-state index is 12.5.